The smallest absolute Gasteiger partial charge is 0.257 e. The number of carbonyl (C=O) groups is 2. The highest BCUT2D eigenvalue weighted by Crippen LogP contribution is 2.27. The number of benzene rings is 1. The highest BCUT2D eigenvalue weighted by molar-refractivity contribution is 6.04. The second-order valence-electron chi connectivity index (χ2n) is 7.87. The quantitative estimate of drug-likeness (QED) is 0.684. The number of nitrogens with zero attached hydrogens (tertiary/aromatic N) is 3. The van der Waals surface area contributed by atoms with Gasteiger partial charge in [-0.05, 0) is 55.3 Å². The standard InChI is InChI=1S/C24H23FN4O3/c1-28-15-18(3-9-22(28)30)24(32)29-12-10-16(11-13-29)21-8-2-17(14-26-21)23(31)27-20-6-4-19(25)5-7-20/h2-9,14-16H,10-13H2,1H3,(H,27,31). The number of rotatable bonds is 4. The Hall–Kier alpha value is -3.81. The van der Waals surface area contributed by atoms with Gasteiger partial charge >= 0.3 is 0 Å². The van der Waals surface area contributed by atoms with Crippen molar-refractivity contribution >= 4 is 17.5 Å². The van der Waals surface area contributed by atoms with Crippen LogP contribution in [-0.2, 0) is 7.05 Å². The van der Waals surface area contributed by atoms with E-state index in [4.69, 9.17) is 0 Å². The number of aromatic nitrogens is 2. The van der Waals surface area contributed by atoms with E-state index in [2.05, 4.69) is 10.3 Å². The molecule has 1 aliphatic rings. The Morgan fingerprint density at radius 1 is 1.00 bits per heavy atom. The van der Waals surface area contributed by atoms with Crippen LogP contribution >= 0.6 is 0 Å². The van der Waals surface area contributed by atoms with Crippen molar-refractivity contribution in [2.75, 3.05) is 18.4 Å². The molecule has 1 fully saturated rings. The number of carbonyl (C=O) groups excluding carboxylic acids is 2. The number of nitrogens with one attached hydrogen (secondary N) is 1. The Kier molecular flexibility index (Phi) is 6.11. The molecule has 1 N–H and O–H groups in total. The summed E-state index contributed by atoms with van der Waals surface area (Å²) in [4.78, 5) is 42.9. The van der Waals surface area contributed by atoms with E-state index in [-0.39, 0.29) is 29.1 Å². The van der Waals surface area contributed by atoms with E-state index in [9.17, 15) is 18.8 Å². The van der Waals surface area contributed by atoms with Gasteiger partial charge in [0.25, 0.3) is 11.8 Å². The zero-order chi connectivity index (χ0) is 22.7. The van der Waals surface area contributed by atoms with Crippen molar-refractivity contribution in [2.45, 2.75) is 18.8 Å². The summed E-state index contributed by atoms with van der Waals surface area (Å²) in [5.41, 5.74) is 2.16. The molecule has 3 aromatic rings. The summed E-state index contributed by atoms with van der Waals surface area (Å²) < 4.78 is 14.4. The SMILES string of the molecule is Cn1cc(C(=O)N2CCC(c3ccc(C(=O)Nc4ccc(F)cc4)cn3)CC2)ccc1=O. The second kappa shape index (κ2) is 9.13. The third-order valence-corrected chi connectivity index (χ3v) is 5.68. The fourth-order valence-electron chi connectivity index (χ4n) is 3.80. The lowest BCUT2D eigenvalue weighted by molar-refractivity contribution is 0.0711. The molecule has 32 heavy (non-hydrogen) atoms. The van der Waals surface area contributed by atoms with Crippen LogP contribution in [0.15, 0.2) is 65.7 Å². The third kappa shape index (κ3) is 4.74. The van der Waals surface area contributed by atoms with Gasteiger partial charge in [0.2, 0.25) is 5.56 Å². The minimum absolute atomic E-state index is 0.0835. The van der Waals surface area contributed by atoms with Crippen molar-refractivity contribution in [3.05, 3.63) is 93.9 Å². The van der Waals surface area contributed by atoms with Gasteiger partial charge in [0, 0.05) is 55.9 Å². The molecule has 2 aromatic heterocycles. The number of hydrogen-bond donors (Lipinski definition) is 1. The van der Waals surface area contributed by atoms with Crippen LogP contribution in [0.25, 0.3) is 0 Å². The van der Waals surface area contributed by atoms with E-state index in [0.29, 0.717) is 29.9 Å². The van der Waals surface area contributed by atoms with Crippen molar-refractivity contribution in [3.8, 4) is 0 Å². The van der Waals surface area contributed by atoms with E-state index in [1.807, 2.05) is 6.07 Å². The van der Waals surface area contributed by atoms with Crippen molar-refractivity contribution in [1.29, 1.82) is 0 Å². The molecule has 0 spiro atoms. The molecule has 7 nitrogen and oxygen atoms in total. The average Bonchev–Trinajstić information content (AvgIpc) is 2.82. The predicted molar refractivity (Wildman–Crippen MR) is 118 cm³/mol. The fourth-order valence-corrected chi connectivity index (χ4v) is 3.80. The Morgan fingerprint density at radius 2 is 1.69 bits per heavy atom. The van der Waals surface area contributed by atoms with Gasteiger partial charge in [0.1, 0.15) is 5.82 Å². The maximum atomic E-state index is 13.0. The topological polar surface area (TPSA) is 84.3 Å². The Bertz CT molecular complexity index is 1180. The first-order chi connectivity index (χ1) is 15.4. The van der Waals surface area contributed by atoms with E-state index in [0.717, 1.165) is 18.5 Å². The second-order valence-corrected chi connectivity index (χ2v) is 7.87. The zero-order valence-corrected chi connectivity index (χ0v) is 17.6. The van der Waals surface area contributed by atoms with Gasteiger partial charge in [-0.3, -0.25) is 19.4 Å². The van der Waals surface area contributed by atoms with Gasteiger partial charge < -0.3 is 14.8 Å². The summed E-state index contributed by atoms with van der Waals surface area (Å²) in [5.74, 6) is -0.558. The van der Waals surface area contributed by atoms with Crippen LogP contribution < -0.4 is 10.9 Å². The molecule has 3 heterocycles. The number of hydrogen-bond acceptors (Lipinski definition) is 4. The number of anilines is 1. The van der Waals surface area contributed by atoms with Crippen molar-refractivity contribution in [3.63, 3.8) is 0 Å². The average molecular weight is 434 g/mol. The van der Waals surface area contributed by atoms with Gasteiger partial charge in [0.05, 0.1) is 11.1 Å². The van der Waals surface area contributed by atoms with Gasteiger partial charge in [-0.1, -0.05) is 0 Å². The zero-order valence-electron chi connectivity index (χ0n) is 17.6. The first-order valence-electron chi connectivity index (χ1n) is 10.4. The lowest BCUT2D eigenvalue weighted by Gasteiger charge is -2.32. The lowest BCUT2D eigenvalue weighted by atomic mass is 9.92. The molecule has 4 rings (SSSR count). The minimum Gasteiger partial charge on any atom is -0.339 e. The van der Waals surface area contributed by atoms with Crippen LogP contribution in [0.4, 0.5) is 10.1 Å². The molecule has 0 radical (unpaired) electrons. The number of aryl methyl sites for hydroxylation is 1. The Balaban J connectivity index is 1.35. The molecule has 1 saturated heterocycles. The van der Waals surface area contributed by atoms with Crippen molar-refractivity contribution in [1.82, 2.24) is 14.5 Å². The fraction of sp³-hybridized carbons (Fsp3) is 0.250. The van der Waals surface area contributed by atoms with Crippen molar-refractivity contribution < 1.29 is 14.0 Å². The maximum absolute atomic E-state index is 13.0. The monoisotopic (exact) mass is 434 g/mol. The molecule has 8 heteroatoms. The van der Waals surface area contributed by atoms with Gasteiger partial charge in [-0.25, -0.2) is 4.39 Å². The van der Waals surface area contributed by atoms with Crippen LogP contribution in [0, 0.1) is 5.82 Å². The first kappa shape index (κ1) is 21.4. The van der Waals surface area contributed by atoms with Gasteiger partial charge in [-0.2, -0.15) is 0 Å². The molecule has 0 unspecified atom stereocenters. The Labute approximate surface area is 184 Å². The van der Waals surface area contributed by atoms with E-state index in [1.165, 1.54) is 41.1 Å². The molecule has 1 aromatic carbocycles. The molecule has 1 aliphatic heterocycles. The molecular weight excluding hydrogens is 411 g/mol. The number of halogens is 1. The summed E-state index contributed by atoms with van der Waals surface area (Å²) in [7, 11) is 1.63. The molecular formula is C24H23FN4O3. The molecule has 2 amide bonds. The van der Waals surface area contributed by atoms with Crippen LogP contribution in [0.3, 0.4) is 0 Å². The lowest BCUT2D eigenvalue weighted by Crippen LogP contribution is -2.38. The number of pyridine rings is 2. The first-order valence-corrected chi connectivity index (χ1v) is 10.4. The van der Waals surface area contributed by atoms with Crippen LogP contribution in [0.2, 0.25) is 0 Å². The van der Waals surface area contributed by atoms with E-state index < -0.39 is 0 Å². The normalized spacial score (nSPS) is 14.2. The Morgan fingerprint density at radius 3 is 2.31 bits per heavy atom. The maximum Gasteiger partial charge on any atom is 0.257 e. The predicted octanol–water partition coefficient (Wildman–Crippen LogP) is 3.19. The molecule has 0 saturated carbocycles. The highest BCUT2D eigenvalue weighted by Gasteiger charge is 2.25. The number of likely N-dealkylation sites (tertiary alicyclic amines) is 1. The van der Waals surface area contributed by atoms with Crippen LogP contribution in [-0.4, -0.2) is 39.4 Å². The molecule has 0 atom stereocenters. The summed E-state index contributed by atoms with van der Waals surface area (Å²) in [6, 6.07) is 12.1. The number of piperidine rings is 1. The summed E-state index contributed by atoms with van der Waals surface area (Å²) in [6.45, 7) is 1.20. The molecule has 164 valence electrons. The van der Waals surface area contributed by atoms with Crippen LogP contribution in [0.5, 0.6) is 0 Å². The summed E-state index contributed by atoms with van der Waals surface area (Å²) in [5, 5.41) is 2.71. The highest BCUT2D eigenvalue weighted by atomic mass is 19.1. The third-order valence-electron chi connectivity index (χ3n) is 5.68. The summed E-state index contributed by atoms with van der Waals surface area (Å²) in [6.07, 6.45) is 4.64. The summed E-state index contributed by atoms with van der Waals surface area (Å²) >= 11 is 0. The van der Waals surface area contributed by atoms with E-state index in [1.54, 1.807) is 30.3 Å². The molecule has 0 aliphatic carbocycles. The van der Waals surface area contributed by atoms with Gasteiger partial charge in [0.15, 0.2) is 0 Å². The van der Waals surface area contributed by atoms with Crippen molar-refractivity contribution in [2.24, 2.45) is 7.05 Å². The molecule has 0 bridgehead atoms. The van der Waals surface area contributed by atoms with E-state index >= 15 is 0 Å². The van der Waals surface area contributed by atoms with Gasteiger partial charge in [-0.15, -0.1) is 0 Å². The largest absolute Gasteiger partial charge is 0.339 e. The van der Waals surface area contributed by atoms with Crippen LogP contribution in [0.1, 0.15) is 45.2 Å². The minimum atomic E-state index is -0.365. The number of amides is 2.